The Morgan fingerprint density at radius 1 is 0.667 bits per heavy atom. The molecule has 0 fully saturated rings. The van der Waals surface area contributed by atoms with E-state index >= 15 is 0 Å². The maximum absolute atomic E-state index is 13.2. The molecule has 1 N–H and O–H groups in total. The van der Waals surface area contributed by atoms with E-state index in [1.54, 1.807) is 42.5 Å². The molecule has 0 aliphatic heterocycles. The molecule has 0 unspecified atom stereocenters. The van der Waals surface area contributed by atoms with Crippen molar-refractivity contribution in [2.45, 2.75) is 24.6 Å². The summed E-state index contributed by atoms with van der Waals surface area (Å²) in [4.78, 5) is 13.2. The van der Waals surface area contributed by atoms with E-state index in [4.69, 9.17) is 4.74 Å². The highest BCUT2D eigenvalue weighted by Gasteiger charge is 2.38. The number of nitrogens with one attached hydrogen (secondary N) is 1. The summed E-state index contributed by atoms with van der Waals surface area (Å²) < 4.78 is 92.2. The first-order valence-electron chi connectivity index (χ1n) is 12.6. The van der Waals surface area contributed by atoms with Gasteiger partial charge in [0.05, 0.1) is 7.11 Å². The lowest BCUT2D eigenvalue weighted by atomic mass is 9.70. The molecule has 220 valence electrons. The molecule has 0 heterocycles. The van der Waals surface area contributed by atoms with Gasteiger partial charge in [0.2, 0.25) is 0 Å². The number of amides is 1. The van der Waals surface area contributed by atoms with Gasteiger partial charge >= 0.3 is 12.7 Å². The molecule has 11 heteroatoms. The minimum absolute atomic E-state index is 0.0850. The Balaban J connectivity index is 1.86. The lowest BCUT2D eigenvalue weighted by Crippen LogP contribution is -2.43. The fraction of sp³-hybridized carbons (Fsp3) is 0.194. The molecule has 1 amide bonds. The van der Waals surface area contributed by atoms with Gasteiger partial charge in [-0.15, -0.1) is 26.3 Å². The predicted octanol–water partition coefficient (Wildman–Crippen LogP) is 7.45. The van der Waals surface area contributed by atoms with Crippen LogP contribution in [0, 0.1) is 0 Å². The quantitative estimate of drug-likeness (QED) is 0.195. The highest BCUT2D eigenvalue weighted by molar-refractivity contribution is 5.94. The van der Waals surface area contributed by atoms with Crippen molar-refractivity contribution in [3.8, 4) is 17.2 Å². The van der Waals surface area contributed by atoms with E-state index in [2.05, 4.69) is 14.8 Å². The predicted molar refractivity (Wildman–Crippen MR) is 143 cm³/mol. The molecule has 42 heavy (non-hydrogen) atoms. The minimum atomic E-state index is -4.98. The first kappa shape index (κ1) is 30.3. The van der Waals surface area contributed by atoms with Gasteiger partial charge in [0.25, 0.3) is 5.91 Å². The monoisotopic (exact) mass is 589 g/mol. The van der Waals surface area contributed by atoms with E-state index < -0.39 is 35.5 Å². The van der Waals surface area contributed by atoms with Crippen LogP contribution in [-0.4, -0.2) is 32.3 Å². The molecule has 4 aromatic carbocycles. The number of hydrogen-bond donors (Lipinski definition) is 1. The number of ether oxygens (including phenoxy) is 3. The van der Waals surface area contributed by atoms with E-state index in [1.807, 2.05) is 0 Å². The average Bonchev–Trinajstić information content (AvgIpc) is 2.94. The van der Waals surface area contributed by atoms with Gasteiger partial charge in [-0.3, -0.25) is 4.79 Å². The second-order valence-corrected chi connectivity index (χ2v) is 9.31. The molecule has 0 bridgehead atoms. The van der Waals surface area contributed by atoms with E-state index in [9.17, 15) is 31.1 Å². The van der Waals surface area contributed by atoms with Crippen LogP contribution >= 0.6 is 0 Å². The number of hydrogen-bond acceptors (Lipinski definition) is 4. The smallest absolute Gasteiger partial charge is 0.497 e. The number of rotatable bonds is 10. The fourth-order valence-electron chi connectivity index (χ4n) is 4.64. The van der Waals surface area contributed by atoms with Crippen LogP contribution in [0.15, 0.2) is 103 Å². The normalized spacial score (nSPS) is 12.0. The minimum Gasteiger partial charge on any atom is -0.497 e. The lowest BCUT2D eigenvalue weighted by molar-refractivity contribution is -0.275. The molecule has 0 saturated carbocycles. The number of carbonyl (C=O) groups excluding carboxylic acids is 1. The van der Waals surface area contributed by atoms with Crippen molar-refractivity contribution >= 4 is 5.91 Å². The Morgan fingerprint density at radius 2 is 1.19 bits per heavy atom. The summed E-state index contributed by atoms with van der Waals surface area (Å²) in [6.45, 7) is -0.211. The molecular weight excluding hydrogens is 564 g/mol. The maximum atomic E-state index is 13.2. The van der Waals surface area contributed by atoms with Crippen LogP contribution in [-0.2, 0) is 11.8 Å². The van der Waals surface area contributed by atoms with Gasteiger partial charge in [0.15, 0.2) is 0 Å². The zero-order valence-electron chi connectivity index (χ0n) is 22.1. The van der Waals surface area contributed by atoms with Crippen LogP contribution in [0.5, 0.6) is 17.2 Å². The summed E-state index contributed by atoms with van der Waals surface area (Å²) >= 11 is 0. The van der Waals surface area contributed by atoms with Gasteiger partial charge in [-0.25, -0.2) is 0 Å². The molecule has 0 spiro atoms. The van der Waals surface area contributed by atoms with Crippen molar-refractivity contribution < 1.29 is 45.3 Å². The van der Waals surface area contributed by atoms with Gasteiger partial charge in [-0.1, -0.05) is 54.6 Å². The summed E-state index contributed by atoms with van der Waals surface area (Å²) in [5.74, 6) is -1.04. The van der Waals surface area contributed by atoms with Crippen LogP contribution in [0.2, 0.25) is 0 Å². The summed E-state index contributed by atoms with van der Waals surface area (Å²) in [7, 11) is 1.47. The summed E-state index contributed by atoms with van der Waals surface area (Å²) in [5.41, 5.74) is 0.118. The zero-order valence-corrected chi connectivity index (χ0v) is 22.1. The number of carbonyl (C=O) groups is 1. The number of benzene rings is 4. The number of methoxy groups -OCH3 is 1. The fourth-order valence-corrected chi connectivity index (χ4v) is 4.64. The summed E-state index contributed by atoms with van der Waals surface area (Å²) in [6.07, 6.45) is -9.88. The molecule has 0 radical (unpaired) electrons. The zero-order chi connectivity index (χ0) is 30.4. The van der Waals surface area contributed by atoms with Crippen molar-refractivity contribution in [3.63, 3.8) is 0 Å². The van der Waals surface area contributed by atoms with Crippen LogP contribution < -0.4 is 19.5 Å². The molecule has 0 atom stereocenters. The van der Waals surface area contributed by atoms with Gasteiger partial charge in [-0.05, 0) is 71.6 Å². The Bertz CT molecular complexity index is 1430. The number of alkyl halides is 6. The van der Waals surface area contributed by atoms with Crippen molar-refractivity contribution in [2.24, 2.45) is 0 Å². The SMILES string of the molecule is COc1ccc(C(=O)NCC(Cc2ccccc2)(c2cccc(OC(F)(F)F)c2)c2cccc(OC(F)(F)F)c2)cc1. The Kier molecular flexibility index (Phi) is 8.99. The molecule has 0 aliphatic carbocycles. The van der Waals surface area contributed by atoms with Gasteiger partial charge < -0.3 is 19.5 Å². The van der Waals surface area contributed by atoms with Gasteiger partial charge in [-0.2, -0.15) is 0 Å². The molecule has 4 rings (SSSR count). The Labute approximate surface area is 237 Å². The van der Waals surface area contributed by atoms with Crippen LogP contribution in [0.4, 0.5) is 26.3 Å². The third-order valence-corrected chi connectivity index (χ3v) is 6.49. The highest BCUT2D eigenvalue weighted by Crippen LogP contribution is 2.40. The Hall–Kier alpha value is -4.67. The first-order chi connectivity index (χ1) is 19.9. The Morgan fingerprint density at radius 3 is 1.67 bits per heavy atom. The molecular formula is C31H25F6NO4. The second kappa shape index (κ2) is 12.5. The van der Waals surface area contributed by atoms with Crippen molar-refractivity contribution in [2.75, 3.05) is 13.7 Å². The third kappa shape index (κ3) is 7.96. The second-order valence-electron chi connectivity index (χ2n) is 9.31. The largest absolute Gasteiger partial charge is 0.573 e. The molecule has 0 saturated heterocycles. The maximum Gasteiger partial charge on any atom is 0.573 e. The highest BCUT2D eigenvalue weighted by atomic mass is 19.4. The molecule has 5 nitrogen and oxygen atoms in total. The van der Waals surface area contributed by atoms with Crippen molar-refractivity contribution in [3.05, 3.63) is 125 Å². The lowest BCUT2D eigenvalue weighted by Gasteiger charge is -2.36. The first-order valence-corrected chi connectivity index (χ1v) is 12.6. The molecule has 0 aromatic heterocycles. The molecule has 4 aromatic rings. The number of halogens is 6. The van der Waals surface area contributed by atoms with Crippen LogP contribution in [0.1, 0.15) is 27.0 Å². The standard InChI is InChI=1S/C31H25F6NO4/c1-40-25-15-13-22(14-16-25)28(39)38-20-29(19-21-7-3-2-4-8-21,23-9-5-11-26(17-23)41-30(32,33)34)24-10-6-12-27(18-24)42-31(35,36)37/h2-18H,19-20H2,1H3,(H,38,39). The van der Waals surface area contributed by atoms with E-state index in [1.165, 1.54) is 43.5 Å². The molecule has 0 aliphatic rings. The van der Waals surface area contributed by atoms with Crippen LogP contribution in [0.3, 0.4) is 0 Å². The van der Waals surface area contributed by atoms with Gasteiger partial charge in [0, 0.05) is 17.5 Å². The van der Waals surface area contributed by atoms with Gasteiger partial charge in [0.1, 0.15) is 17.2 Å². The average molecular weight is 590 g/mol. The summed E-state index contributed by atoms with van der Waals surface area (Å²) in [6, 6.07) is 25.3. The van der Waals surface area contributed by atoms with Crippen molar-refractivity contribution in [1.82, 2.24) is 5.32 Å². The van der Waals surface area contributed by atoms with E-state index in [0.717, 1.165) is 24.3 Å². The van der Waals surface area contributed by atoms with E-state index in [-0.39, 0.29) is 29.7 Å². The third-order valence-electron chi connectivity index (χ3n) is 6.49. The van der Waals surface area contributed by atoms with E-state index in [0.29, 0.717) is 11.3 Å². The van der Waals surface area contributed by atoms with Crippen molar-refractivity contribution in [1.29, 1.82) is 0 Å². The van der Waals surface area contributed by atoms with Crippen LogP contribution in [0.25, 0.3) is 0 Å². The topological polar surface area (TPSA) is 56.8 Å². The summed E-state index contributed by atoms with van der Waals surface area (Å²) in [5, 5.41) is 2.82.